The van der Waals surface area contributed by atoms with Gasteiger partial charge in [0.05, 0.1) is 0 Å². The molecule has 0 amide bonds. The van der Waals surface area contributed by atoms with Gasteiger partial charge in [-0.05, 0) is 18.9 Å². The Hall–Kier alpha value is -2.23. The summed E-state index contributed by atoms with van der Waals surface area (Å²) in [6, 6.07) is 3.22. The van der Waals surface area contributed by atoms with Crippen molar-refractivity contribution < 1.29 is 19.1 Å². The minimum atomic E-state index is -1.37. The summed E-state index contributed by atoms with van der Waals surface area (Å²) in [6.45, 7) is 2.15. The first-order valence-corrected chi connectivity index (χ1v) is 6.70. The fraction of sp³-hybridized carbons (Fsp3) is 0.312. The third-order valence-electron chi connectivity index (χ3n) is 2.44. The molecule has 0 bridgehead atoms. The van der Waals surface area contributed by atoms with E-state index in [1.165, 1.54) is 6.07 Å². The summed E-state index contributed by atoms with van der Waals surface area (Å²) < 4.78 is 9.60. The lowest BCUT2D eigenvalue weighted by Crippen LogP contribution is -2.01. The first kappa shape index (κ1) is 15.8. The first-order chi connectivity index (χ1) is 9.72. The van der Waals surface area contributed by atoms with Crippen molar-refractivity contribution in [3.8, 4) is 5.95 Å². The average Bonchev–Trinajstić information content (AvgIpc) is 2.83. The van der Waals surface area contributed by atoms with E-state index in [9.17, 15) is 4.79 Å². The van der Waals surface area contributed by atoms with E-state index < -0.39 is 6.16 Å². The summed E-state index contributed by atoms with van der Waals surface area (Å²) in [6.07, 6.45) is 14.6. The molecule has 0 radical (unpaired) electrons. The quantitative estimate of drug-likeness (QED) is 0.550. The van der Waals surface area contributed by atoms with Crippen LogP contribution in [0.5, 0.6) is 5.95 Å². The van der Waals surface area contributed by atoms with Gasteiger partial charge >= 0.3 is 6.16 Å². The largest absolute Gasteiger partial charge is 0.513 e. The minimum Gasteiger partial charge on any atom is -0.449 e. The van der Waals surface area contributed by atoms with Gasteiger partial charge in [0, 0.05) is 12.5 Å². The first-order valence-electron chi connectivity index (χ1n) is 6.70. The molecule has 0 fully saturated rings. The molecule has 0 saturated carbocycles. The minimum absolute atomic E-state index is 0.0115. The Morgan fingerprint density at radius 1 is 1.20 bits per heavy atom. The molecular weight excluding hydrogens is 256 g/mol. The van der Waals surface area contributed by atoms with E-state index in [2.05, 4.69) is 17.7 Å². The van der Waals surface area contributed by atoms with Crippen molar-refractivity contribution in [3.63, 3.8) is 0 Å². The number of ether oxygens (including phenoxy) is 1. The van der Waals surface area contributed by atoms with Crippen molar-refractivity contribution in [3.05, 3.63) is 54.3 Å². The Bertz CT molecular complexity index is 480. The normalized spacial score (nSPS) is 11.8. The molecule has 0 aromatic carbocycles. The Kier molecular flexibility index (Phi) is 7.65. The third-order valence-corrected chi connectivity index (χ3v) is 2.44. The van der Waals surface area contributed by atoms with Gasteiger partial charge in [-0.15, -0.1) is 0 Å². The van der Waals surface area contributed by atoms with Crippen LogP contribution in [0.1, 0.15) is 31.9 Å². The van der Waals surface area contributed by atoms with Crippen molar-refractivity contribution >= 4 is 6.16 Å². The van der Waals surface area contributed by atoms with E-state index in [1.807, 2.05) is 30.4 Å². The van der Waals surface area contributed by atoms with E-state index in [-0.39, 0.29) is 5.95 Å². The second-order valence-electron chi connectivity index (χ2n) is 4.16. The molecule has 0 aliphatic carbocycles. The maximum atomic E-state index is 10.3. The van der Waals surface area contributed by atoms with Crippen LogP contribution in [0.3, 0.4) is 0 Å². The number of aryl methyl sites for hydroxylation is 1. The summed E-state index contributed by atoms with van der Waals surface area (Å²) in [5, 5.41) is 8.42. The standard InChI is InChI=1S/C16H20O4/c1-2-3-4-5-6-7-8-9-10-11-14-12-13-15(19-14)20-16(17)18/h4-9,12-13H,2-3,10-11H2,1H3,(H,17,18). The number of carbonyl (C=O) groups is 1. The molecule has 4 nitrogen and oxygen atoms in total. The van der Waals surface area contributed by atoms with Gasteiger partial charge in [0.1, 0.15) is 5.76 Å². The van der Waals surface area contributed by atoms with Crippen LogP contribution in [0.2, 0.25) is 0 Å². The summed E-state index contributed by atoms with van der Waals surface area (Å²) in [4.78, 5) is 10.3. The third kappa shape index (κ3) is 7.26. The van der Waals surface area contributed by atoms with Crippen molar-refractivity contribution in [1.82, 2.24) is 0 Å². The van der Waals surface area contributed by atoms with Crippen LogP contribution in [-0.4, -0.2) is 11.3 Å². The fourth-order valence-electron chi connectivity index (χ4n) is 1.50. The number of rotatable bonds is 8. The molecule has 1 rings (SSSR count). The number of hydrogen-bond donors (Lipinski definition) is 1. The zero-order valence-corrected chi connectivity index (χ0v) is 11.6. The highest BCUT2D eigenvalue weighted by Crippen LogP contribution is 2.17. The van der Waals surface area contributed by atoms with Gasteiger partial charge in [-0.3, -0.25) is 0 Å². The van der Waals surface area contributed by atoms with Gasteiger partial charge in [0.25, 0.3) is 5.95 Å². The summed E-state index contributed by atoms with van der Waals surface area (Å²) >= 11 is 0. The molecular formula is C16H20O4. The number of furan rings is 1. The molecule has 1 aromatic heterocycles. The molecule has 0 saturated heterocycles. The van der Waals surface area contributed by atoms with Crippen LogP contribution in [0.15, 0.2) is 53.0 Å². The fourth-order valence-corrected chi connectivity index (χ4v) is 1.50. The second kappa shape index (κ2) is 9.67. The van der Waals surface area contributed by atoms with E-state index in [1.54, 1.807) is 6.07 Å². The molecule has 108 valence electrons. The van der Waals surface area contributed by atoms with Crippen molar-refractivity contribution in [2.75, 3.05) is 0 Å². The maximum Gasteiger partial charge on any atom is 0.513 e. The van der Waals surface area contributed by atoms with E-state index in [0.29, 0.717) is 12.2 Å². The van der Waals surface area contributed by atoms with Gasteiger partial charge in [0.2, 0.25) is 0 Å². The van der Waals surface area contributed by atoms with Crippen LogP contribution in [-0.2, 0) is 6.42 Å². The lowest BCUT2D eigenvalue weighted by atomic mass is 10.2. The molecule has 1 aromatic rings. The number of hydrogen-bond acceptors (Lipinski definition) is 3. The van der Waals surface area contributed by atoms with Crippen molar-refractivity contribution in [1.29, 1.82) is 0 Å². The zero-order chi connectivity index (χ0) is 14.6. The van der Waals surface area contributed by atoms with Crippen LogP contribution >= 0.6 is 0 Å². The lowest BCUT2D eigenvalue weighted by Gasteiger charge is -1.93. The number of carboxylic acid groups (broad SMARTS) is 1. The second-order valence-corrected chi connectivity index (χ2v) is 4.16. The number of allylic oxidation sites excluding steroid dienone is 6. The Morgan fingerprint density at radius 2 is 1.90 bits per heavy atom. The van der Waals surface area contributed by atoms with Crippen LogP contribution < -0.4 is 4.74 Å². The maximum absolute atomic E-state index is 10.3. The highest BCUT2D eigenvalue weighted by Gasteiger charge is 2.05. The molecule has 0 atom stereocenters. The van der Waals surface area contributed by atoms with Gasteiger partial charge in [-0.25, -0.2) is 4.79 Å². The average molecular weight is 276 g/mol. The van der Waals surface area contributed by atoms with E-state index >= 15 is 0 Å². The zero-order valence-electron chi connectivity index (χ0n) is 11.6. The molecule has 0 spiro atoms. The van der Waals surface area contributed by atoms with E-state index in [4.69, 9.17) is 9.52 Å². The predicted molar refractivity (Wildman–Crippen MR) is 78.0 cm³/mol. The van der Waals surface area contributed by atoms with Crippen LogP contribution in [0.4, 0.5) is 4.79 Å². The molecule has 1 heterocycles. The SMILES string of the molecule is CCCC=CC=CC=CCCc1ccc(OC(=O)O)o1. The monoisotopic (exact) mass is 276 g/mol. The number of unbranched alkanes of at least 4 members (excludes halogenated alkanes) is 1. The van der Waals surface area contributed by atoms with Crippen LogP contribution in [0, 0.1) is 0 Å². The van der Waals surface area contributed by atoms with Gasteiger partial charge in [0.15, 0.2) is 0 Å². The van der Waals surface area contributed by atoms with E-state index in [0.717, 1.165) is 19.3 Å². The Morgan fingerprint density at radius 3 is 2.55 bits per heavy atom. The highest BCUT2D eigenvalue weighted by molar-refractivity contribution is 5.59. The van der Waals surface area contributed by atoms with Crippen molar-refractivity contribution in [2.45, 2.75) is 32.6 Å². The molecule has 4 heteroatoms. The van der Waals surface area contributed by atoms with Gasteiger partial charge < -0.3 is 14.3 Å². The Labute approximate surface area is 119 Å². The molecule has 0 unspecified atom stereocenters. The van der Waals surface area contributed by atoms with Gasteiger partial charge in [-0.2, -0.15) is 0 Å². The lowest BCUT2D eigenvalue weighted by molar-refractivity contribution is 0.132. The molecule has 0 aliphatic rings. The summed E-state index contributed by atoms with van der Waals surface area (Å²) in [5.41, 5.74) is 0. The van der Waals surface area contributed by atoms with Crippen molar-refractivity contribution in [2.24, 2.45) is 0 Å². The topological polar surface area (TPSA) is 59.7 Å². The smallest absolute Gasteiger partial charge is 0.449 e. The summed E-state index contributed by atoms with van der Waals surface area (Å²) in [7, 11) is 0. The highest BCUT2D eigenvalue weighted by atomic mass is 16.7. The summed E-state index contributed by atoms with van der Waals surface area (Å²) in [5.74, 6) is 0.718. The van der Waals surface area contributed by atoms with Gasteiger partial charge in [-0.1, -0.05) is 49.8 Å². The molecule has 20 heavy (non-hydrogen) atoms. The predicted octanol–water partition coefficient (Wildman–Crippen LogP) is 4.74. The molecule has 0 aliphatic heterocycles. The van der Waals surface area contributed by atoms with Crippen LogP contribution in [0.25, 0.3) is 0 Å². The molecule has 1 N–H and O–H groups in total. The Balaban J connectivity index is 2.23.